The van der Waals surface area contributed by atoms with Crippen molar-refractivity contribution in [1.29, 1.82) is 0 Å². The topological polar surface area (TPSA) is 179 Å². The molecule has 7 N–H and O–H groups in total. The van der Waals surface area contributed by atoms with Gasteiger partial charge in [0.2, 0.25) is 11.8 Å². The van der Waals surface area contributed by atoms with Gasteiger partial charge in [0.1, 0.15) is 18.6 Å². The van der Waals surface area contributed by atoms with Crippen LogP contribution in [0, 0.1) is 0 Å². The Morgan fingerprint density at radius 2 is 1.78 bits per heavy atom. The van der Waals surface area contributed by atoms with Gasteiger partial charge in [-0.2, -0.15) is 11.8 Å². The standard InChI is InChI=1S/C16H29N3O7S/c1-2-3-10(6-7-20)27-9-12(15(24)18-8-14(22)23)19-13(21)5-4-11(17)16(25)26/h10-12,20H,2-9,17H2,1H3,(H,18,24)(H,19,21)(H,22,23)(H,25,26)/t10?,11-,12+/m0/s1. The zero-order chi connectivity index (χ0) is 20.8. The minimum Gasteiger partial charge on any atom is -0.480 e. The number of carbonyl (C=O) groups excluding carboxylic acids is 2. The lowest BCUT2D eigenvalue weighted by Crippen LogP contribution is -2.49. The monoisotopic (exact) mass is 407 g/mol. The molecule has 0 radical (unpaired) electrons. The van der Waals surface area contributed by atoms with Crippen LogP contribution in [0.2, 0.25) is 0 Å². The number of aliphatic hydroxyl groups excluding tert-OH is 1. The summed E-state index contributed by atoms with van der Waals surface area (Å²) < 4.78 is 0. The van der Waals surface area contributed by atoms with Gasteiger partial charge in [0.25, 0.3) is 0 Å². The lowest BCUT2D eigenvalue weighted by molar-refractivity contribution is -0.139. The van der Waals surface area contributed by atoms with E-state index >= 15 is 0 Å². The molecule has 0 aromatic rings. The number of amides is 2. The molecule has 0 heterocycles. The molecule has 0 aliphatic rings. The Morgan fingerprint density at radius 3 is 2.30 bits per heavy atom. The largest absolute Gasteiger partial charge is 0.480 e. The van der Waals surface area contributed by atoms with Crippen molar-refractivity contribution in [1.82, 2.24) is 10.6 Å². The molecular formula is C16H29N3O7S. The number of hydrogen-bond acceptors (Lipinski definition) is 7. The van der Waals surface area contributed by atoms with Crippen LogP contribution in [0.1, 0.15) is 39.0 Å². The number of carbonyl (C=O) groups is 4. The summed E-state index contributed by atoms with van der Waals surface area (Å²) in [4.78, 5) is 45.5. The minimum atomic E-state index is -1.22. The van der Waals surface area contributed by atoms with Crippen molar-refractivity contribution in [2.24, 2.45) is 5.73 Å². The van der Waals surface area contributed by atoms with E-state index in [1.807, 2.05) is 6.92 Å². The van der Waals surface area contributed by atoms with Gasteiger partial charge >= 0.3 is 11.9 Å². The van der Waals surface area contributed by atoms with E-state index in [9.17, 15) is 19.2 Å². The molecule has 0 aromatic heterocycles. The highest BCUT2D eigenvalue weighted by Gasteiger charge is 2.23. The lowest BCUT2D eigenvalue weighted by atomic mass is 10.1. The highest BCUT2D eigenvalue weighted by molar-refractivity contribution is 7.99. The van der Waals surface area contributed by atoms with Crippen LogP contribution in [0.3, 0.4) is 0 Å². The fourth-order valence-corrected chi connectivity index (χ4v) is 3.53. The first kappa shape index (κ1) is 25.1. The third-order valence-electron chi connectivity index (χ3n) is 3.63. The normalized spacial score (nSPS) is 14.0. The maximum atomic E-state index is 12.2. The van der Waals surface area contributed by atoms with Crippen molar-refractivity contribution in [2.75, 3.05) is 18.9 Å². The second-order valence-corrected chi connectivity index (χ2v) is 7.30. The molecule has 156 valence electrons. The molecule has 0 fully saturated rings. The van der Waals surface area contributed by atoms with Crippen molar-refractivity contribution in [3.63, 3.8) is 0 Å². The quantitative estimate of drug-likeness (QED) is 0.201. The van der Waals surface area contributed by atoms with Crippen LogP contribution >= 0.6 is 11.8 Å². The average molecular weight is 407 g/mol. The summed E-state index contributed by atoms with van der Waals surface area (Å²) in [5.74, 6) is -3.41. The van der Waals surface area contributed by atoms with Gasteiger partial charge in [-0.25, -0.2) is 0 Å². The predicted octanol–water partition coefficient (Wildman–Crippen LogP) is -0.852. The van der Waals surface area contributed by atoms with Crippen LogP contribution in [0.25, 0.3) is 0 Å². The molecule has 0 saturated heterocycles. The Morgan fingerprint density at radius 1 is 1.11 bits per heavy atom. The van der Waals surface area contributed by atoms with Gasteiger partial charge in [-0.15, -0.1) is 0 Å². The number of nitrogens with two attached hydrogens (primary N) is 1. The fourth-order valence-electron chi connectivity index (χ4n) is 2.15. The summed E-state index contributed by atoms with van der Waals surface area (Å²) in [6, 6.07) is -2.15. The van der Waals surface area contributed by atoms with E-state index in [2.05, 4.69) is 10.6 Å². The van der Waals surface area contributed by atoms with Crippen molar-refractivity contribution >= 4 is 35.5 Å². The predicted molar refractivity (Wildman–Crippen MR) is 100 cm³/mol. The first-order valence-electron chi connectivity index (χ1n) is 8.70. The summed E-state index contributed by atoms with van der Waals surface area (Å²) in [5.41, 5.74) is 5.35. The Hall–Kier alpha value is -1.85. The average Bonchev–Trinajstić information content (AvgIpc) is 2.60. The third-order valence-corrected chi connectivity index (χ3v) is 5.09. The number of rotatable bonds is 15. The number of thioether (sulfide) groups is 1. The van der Waals surface area contributed by atoms with Gasteiger partial charge in [-0.3, -0.25) is 19.2 Å². The van der Waals surface area contributed by atoms with E-state index in [0.29, 0.717) is 6.42 Å². The molecule has 0 aromatic carbocycles. The highest BCUT2D eigenvalue weighted by atomic mass is 32.2. The van der Waals surface area contributed by atoms with Gasteiger partial charge in [0.15, 0.2) is 0 Å². The summed E-state index contributed by atoms with van der Waals surface area (Å²) in [6.07, 6.45) is 2.02. The molecule has 3 atom stereocenters. The molecular weight excluding hydrogens is 378 g/mol. The second-order valence-electron chi connectivity index (χ2n) is 5.97. The molecule has 0 bridgehead atoms. The van der Waals surface area contributed by atoms with Crippen LogP contribution < -0.4 is 16.4 Å². The Bertz CT molecular complexity index is 498. The third kappa shape index (κ3) is 12.2. The Labute approximate surface area is 162 Å². The van der Waals surface area contributed by atoms with Gasteiger partial charge in [-0.05, 0) is 19.3 Å². The van der Waals surface area contributed by atoms with Crippen LogP contribution in [0.15, 0.2) is 0 Å². The number of aliphatic carboxylic acids is 2. The number of nitrogens with one attached hydrogen (secondary N) is 2. The lowest BCUT2D eigenvalue weighted by Gasteiger charge is -2.21. The molecule has 27 heavy (non-hydrogen) atoms. The molecule has 11 heteroatoms. The van der Waals surface area contributed by atoms with Crippen molar-refractivity contribution in [3.8, 4) is 0 Å². The van der Waals surface area contributed by atoms with E-state index in [1.165, 1.54) is 11.8 Å². The number of aliphatic hydroxyl groups is 1. The number of carboxylic acid groups (broad SMARTS) is 2. The summed E-state index contributed by atoms with van der Waals surface area (Å²) in [7, 11) is 0. The van der Waals surface area contributed by atoms with Gasteiger partial charge < -0.3 is 31.7 Å². The van der Waals surface area contributed by atoms with E-state index < -0.39 is 42.4 Å². The van der Waals surface area contributed by atoms with Crippen LogP contribution in [0.4, 0.5) is 0 Å². The van der Waals surface area contributed by atoms with Gasteiger partial charge in [0, 0.05) is 24.0 Å². The van der Waals surface area contributed by atoms with Crippen LogP contribution in [0.5, 0.6) is 0 Å². The van der Waals surface area contributed by atoms with E-state index in [-0.39, 0.29) is 30.5 Å². The molecule has 0 saturated carbocycles. The molecule has 10 nitrogen and oxygen atoms in total. The summed E-state index contributed by atoms with van der Waals surface area (Å²) >= 11 is 1.41. The smallest absolute Gasteiger partial charge is 0.322 e. The van der Waals surface area contributed by atoms with Crippen molar-refractivity contribution < 1.29 is 34.5 Å². The van der Waals surface area contributed by atoms with Gasteiger partial charge in [0.05, 0.1) is 0 Å². The summed E-state index contributed by atoms with van der Waals surface area (Å²) in [6.45, 7) is 1.43. The van der Waals surface area contributed by atoms with E-state index in [0.717, 1.165) is 12.8 Å². The molecule has 2 amide bonds. The van der Waals surface area contributed by atoms with E-state index in [1.54, 1.807) is 0 Å². The minimum absolute atomic E-state index is 0.00692. The number of hydrogen-bond donors (Lipinski definition) is 6. The fraction of sp³-hybridized carbons (Fsp3) is 0.750. The zero-order valence-corrected chi connectivity index (χ0v) is 16.2. The first-order chi connectivity index (χ1) is 12.7. The molecule has 1 unspecified atom stereocenters. The second kappa shape index (κ2) is 14.2. The van der Waals surface area contributed by atoms with Crippen molar-refractivity contribution in [2.45, 2.75) is 56.4 Å². The van der Waals surface area contributed by atoms with E-state index in [4.69, 9.17) is 21.1 Å². The maximum Gasteiger partial charge on any atom is 0.322 e. The number of carboxylic acids is 2. The molecule has 0 aliphatic heterocycles. The zero-order valence-electron chi connectivity index (χ0n) is 15.3. The van der Waals surface area contributed by atoms with Crippen molar-refractivity contribution in [3.05, 3.63) is 0 Å². The molecule has 0 aliphatic carbocycles. The van der Waals surface area contributed by atoms with Gasteiger partial charge in [-0.1, -0.05) is 13.3 Å². The SMILES string of the molecule is CCCC(CCO)SC[C@@H](NC(=O)CC[C@H](N)C(=O)O)C(=O)NCC(=O)O. The van der Waals surface area contributed by atoms with Crippen LogP contribution in [-0.2, 0) is 19.2 Å². The first-order valence-corrected chi connectivity index (χ1v) is 9.75. The molecule has 0 spiro atoms. The highest BCUT2D eigenvalue weighted by Crippen LogP contribution is 2.20. The Kier molecular flexibility index (Phi) is 13.3. The van der Waals surface area contributed by atoms with Crippen LogP contribution in [-0.4, -0.2) is 75.3 Å². The Balaban J connectivity index is 4.80. The summed E-state index contributed by atoms with van der Waals surface area (Å²) in [5, 5.41) is 31.3. The molecule has 0 rings (SSSR count). The maximum absolute atomic E-state index is 12.2.